The second-order valence-corrected chi connectivity index (χ2v) is 4.12. The largest absolute Gasteiger partial charge is 0.395 e. The lowest BCUT2D eigenvalue weighted by molar-refractivity contribution is 0.122. The van der Waals surface area contributed by atoms with Crippen molar-refractivity contribution >= 4 is 0 Å². The Balaban J connectivity index is 2.21. The van der Waals surface area contributed by atoms with Crippen LogP contribution in [-0.2, 0) is 4.74 Å². The Kier molecular flexibility index (Phi) is 4.70. The molecule has 3 heteroatoms. The Morgan fingerprint density at radius 3 is 2.77 bits per heavy atom. The maximum absolute atomic E-state index is 9.04. The Bertz CT molecular complexity index is 139. The highest BCUT2D eigenvalue weighted by molar-refractivity contribution is 4.81. The molecule has 13 heavy (non-hydrogen) atoms. The molecule has 0 amide bonds. The molecule has 0 aliphatic heterocycles. The van der Waals surface area contributed by atoms with Crippen LogP contribution in [0.1, 0.15) is 26.2 Å². The van der Waals surface area contributed by atoms with E-state index in [0.717, 1.165) is 5.92 Å². The van der Waals surface area contributed by atoms with Crippen molar-refractivity contribution in [3.63, 3.8) is 0 Å². The van der Waals surface area contributed by atoms with Gasteiger partial charge in [-0.25, -0.2) is 0 Å². The van der Waals surface area contributed by atoms with Crippen LogP contribution in [0, 0.1) is 5.92 Å². The van der Waals surface area contributed by atoms with Crippen molar-refractivity contribution in [1.29, 1.82) is 0 Å². The standard InChI is InChI=1S/C10H21NO2/c1-8-3-4-9(5-8)11-10(6-12)7-13-2/h8-12H,3-7H2,1-2H3. The minimum atomic E-state index is 0.111. The van der Waals surface area contributed by atoms with Gasteiger partial charge in [0.05, 0.1) is 19.3 Å². The summed E-state index contributed by atoms with van der Waals surface area (Å²) < 4.78 is 5.01. The van der Waals surface area contributed by atoms with E-state index < -0.39 is 0 Å². The number of rotatable bonds is 5. The predicted octanol–water partition coefficient (Wildman–Crippen LogP) is 0.772. The summed E-state index contributed by atoms with van der Waals surface area (Å²) in [5.41, 5.74) is 0. The fourth-order valence-electron chi connectivity index (χ4n) is 2.05. The van der Waals surface area contributed by atoms with Crippen LogP contribution in [0.4, 0.5) is 0 Å². The molecular weight excluding hydrogens is 166 g/mol. The van der Waals surface area contributed by atoms with Gasteiger partial charge >= 0.3 is 0 Å². The molecule has 78 valence electrons. The molecule has 0 aromatic carbocycles. The van der Waals surface area contributed by atoms with Gasteiger partial charge in [0, 0.05) is 13.2 Å². The number of hydrogen-bond acceptors (Lipinski definition) is 3. The average molecular weight is 187 g/mol. The molecule has 0 aromatic heterocycles. The van der Waals surface area contributed by atoms with Gasteiger partial charge in [0.1, 0.15) is 0 Å². The van der Waals surface area contributed by atoms with E-state index in [1.807, 2.05) is 0 Å². The monoisotopic (exact) mass is 187 g/mol. The van der Waals surface area contributed by atoms with Gasteiger partial charge in [-0.2, -0.15) is 0 Å². The summed E-state index contributed by atoms with van der Waals surface area (Å²) in [5.74, 6) is 0.833. The summed E-state index contributed by atoms with van der Waals surface area (Å²) in [6.07, 6.45) is 3.78. The second-order valence-electron chi connectivity index (χ2n) is 4.12. The maximum Gasteiger partial charge on any atom is 0.0638 e. The molecule has 0 radical (unpaired) electrons. The van der Waals surface area contributed by atoms with Crippen molar-refractivity contribution in [2.24, 2.45) is 5.92 Å². The molecule has 2 N–H and O–H groups in total. The molecular formula is C10H21NO2. The third-order valence-electron chi connectivity index (χ3n) is 2.75. The Morgan fingerprint density at radius 1 is 1.54 bits per heavy atom. The zero-order chi connectivity index (χ0) is 9.68. The van der Waals surface area contributed by atoms with Crippen molar-refractivity contribution in [2.45, 2.75) is 38.3 Å². The van der Waals surface area contributed by atoms with Crippen LogP contribution >= 0.6 is 0 Å². The first kappa shape index (κ1) is 11.0. The highest BCUT2D eigenvalue weighted by atomic mass is 16.5. The van der Waals surface area contributed by atoms with Gasteiger partial charge in [0.15, 0.2) is 0 Å². The molecule has 1 aliphatic rings. The van der Waals surface area contributed by atoms with Crippen LogP contribution in [0.2, 0.25) is 0 Å². The summed E-state index contributed by atoms with van der Waals surface area (Å²) >= 11 is 0. The Hall–Kier alpha value is -0.120. The molecule has 3 unspecified atom stereocenters. The minimum absolute atomic E-state index is 0.111. The number of aliphatic hydroxyl groups is 1. The summed E-state index contributed by atoms with van der Waals surface area (Å²) in [6.45, 7) is 3.05. The third-order valence-corrected chi connectivity index (χ3v) is 2.75. The number of ether oxygens (including phenoxy) is 1. The highest BCUT2D eigenvalue weighted by Crippen LogP contribution is 2.24. The normalized spacial score (nSPS) is 30.7. The maximum atomic E-state index is 9.04. The Morgan fingerprint density at radius 2 is 2.31 bits per heavy atom. The molecule has 1 fully saturated rings. The third kappa shape index (κ3) is 3.63. The van der Waals surface area contributed by atoms with Crippen LogP contribution in [0.3, 0.4) is 0 Å². The summed E-state index contributed by atoms with van der Waals surface area (Å²) in [7, 11) is 1.67. The number of hydrogen-bond donors (Lipinski definition) is 2. The molecule has 3 nitrogen and oxygen atoms in total. The van der Waals surface area contributed by atoms with Crippen LogP contribution < -0.4 is 5.32 Å². The van der Waals surface area contributed by atoms with Gasteiger partial charge in [-0.3, -0.25) is 0 Å². The highest BCUT2D eigenvalue weighted by Gasteiger charge is 2.23. The quantitative estimate of drug-likeness (QED) is 0.668. The number of methoxy groups -OCH3 is 1. The van der Waals surface area contributed by atoms with Gasteiger partial charge < -0.3 is 15.2 Å². The SMILES string of the molecule is COCC(CO)NC1CCC(C)C1. The van der Waals surface area contributed by atoms with Gasteiger partial charge in [0.25, 0.3) is 0 Å². The summed E-state index contributed by atoms with van der Waals surface area (Å²) in [4.78, 5) is 0. The molecule has 1 aliphatic carbocycles. The van der Waals surface area contributed by atoms with Crippen LogP contribution in [-0.4, -0.2) is 37.5 Å². The van der Waals surface area contributed by atoms with Crippen molar-refractivity contribution in [1.82, 2.24) is 5.32 Å². The summed E-state index contributed by atoms with van der Waals surface area (Å²) in [6, 6.07) is 0.697. The molecule has 1 rings (SSSR count). The molecule has 0 spiro atoms. The van der Waals surface area contributed by atoms with Crippen molar-refractivity contribution in [3.05, 3.63) is 0 Å². The van der Waals surface area contributed by atoms with Crippen molar-refractivity contribution in [2.75, 3.05) is 20.3 Å². The molecule has 0 bridgehead atoms. The van der Waals surface area contributed by atoms with Gasteiger partial charge in [-0.05, 0) is 25.2 Å². The van der Waals surface area contributed by atoms with Crippen LogP contribution in [0.5, 0.6) is 0 Å². The van der Waals surface area contributed by atoms with Crippen molar-refractivity contribution in [3.8, 4) is 0 Å². The van der Waals surface area contributed by atoms with E-state index in [1.54, 1.807) is 7.11 Å². The molecule has 0 heterocycles. The molecule has 3 atom stereocenters. The summed E-state index contributed by atoms with van der Waals surface area (Å²) in [5, 5.41) is 12.5. The Labute approximate surface area is 80.5 Å². The first-order valence-electron chi connectivity index (χ1n) is 5.12. The van der Waals surface area contributed by atoms with E-state index in [9.17, 15) is 0 Å². The van der Waals surface area contributed by atoms with E-state index >= 15 is 0 Å². The molecule has 1 saturated carbocycles. The number of aliphatic hydroxyl groups excluding tert-OH is 1. The minimum Gasteiger partial charge on any atom is -0.395 e. The van der Waals surface area contributed by atoms with E-state index in [0.29, 0.717) is 12.6 Å². The van der Waals surface area contributed by atoms with Gasteiger partial charge in [-0.1, -0.05) is 6.92 Å². The molecule has 0 saturated heterocycles. The van der Waals surface area contributed by atoms with Gasteiger partial charge in [-0.15, -0.1) is 0 Å². The van der Waals surface area contributed by atoms with E-state index in [2.05, 4.69) is 12.2 Å². The lowest BCUT2D eigenvalue weighted by Crippen LogP contribution is -2.42. The smallest absolute Gasteiger partial charge is 0.0638 e. The average Bonchev–Trinajstić information content (AvgIpc) is 2.50. The zero-order valence-electron chi connectivity index (χ0n) is 8.62. The predicted molar refractivity (Wildman–Crippen MR) is 52.7 cm³/mol. The van der Waals surface area contributed by atoms with E-state index in [1.165, 1.54) is 19.3 Å². The first-order valence-corrected chi connectivity index (χ1v) is 5.12. The van der Waals surface area contributed by atoms with E-state index in [4.69, 9.17) is 9.84 Å². The molecule has 0 aromatic rings. The lowest BCUT2D eigenvalue weighted by atomic mass is 10.1. The van der Waals surface area contributed by atoms with Crippen molar-refractivity contribution < 1.29 is 9.84 Å². The zero-order valence-corrected chi connectivity index (χ0v) is 8.62. The fourth-order valence-corrected chi connectivity index (χ4v) is 2.05. The van der Waals surface area contributed by atoms with Crippen LogP contribution in [0.25, 0.3) is 0 Å². The number of nitrogens with one attached hydrogen (secondary N) is 1. The second kappa shape index (κ2) is 5.58. The first-order chi connectivity index (χ1) is 6.26. The van der Waals surface area contributed by atoms with E-state index in [-0.39, 0.29) is 12.6 Å². The van der Waals surface area contributed by atoms with Crippen LogP contribution in [0.15, 0.2) is 0 Å². The van der Waals surface area contributed by atoms with Gasteiger partial charge in [0.2, 0.25) is 0 Å². The fraction of sp³-hybridized carbons (Fsp3) is 1.00. The lowest BCUT2D eigenvalue weighted by Gasteiger charge is -2.20. The topological polar surface area (TPSA) is 41.5 Å².